The van der Waals surface area contributed by atoms with Crippen LogP contribution in [0, 0.1) is 7.14 Å². The van der Waals surface area contributed by atoms with Crippen molar-refractivity contribution in [3.63, 3.8) is 0 Å². The standard InChI is InChI=1S/C24H16I2N2O5/c25-18-9-15(8-17-23(29)27-28(24(17)30)16-4-2-1-3-5-16)10-19(26)22(18)31-12-14-6-7-20-21(11-14)33-13-32-20/h1-11H,12-13H2,(H,27,29)/b17-8-. The first kappa shape index (κ1) is 22.0. The summed E-state index contributed by atoms with van der Waals surface area (Å²) in [5.74, 6) is 1.36. The van der Waals surface area contributed by atoms with Crippen LogP contribution in [0.25, 0.3) is 6.08 Å². The molecule has 3 aromatic rings. The minimum Gasteiger partial charge on any atom is -0.487 e. The highest BCUT2D eigenvalue weighted by atomic mass is 127. The Kier molecular flexibility index (Phi) is 6.15. The zero-order valence-corrected chi connectivity index (χ0v) is 21.3. The van der Waals surface area contributed by atoms with Gasteiger partial charge in [0.1, 0.15) is 17.9 Å². The Balaban J connectivity index is 1.34. The Morgan fingerprint density at radius 1 is 0.970 bits per heavy atom. The maximum absolute atomic E-state index is 12.8. The van der Waals surface area contributed by atoms with Crippen LogP contribution >= 0.6 is 45.2 Å². The molecule has 0 radical (unpaired) electrons. The Hall–Kier alpha value is -2.80. The van der Waals surface area contributed by atoms with Crippen molar-refractivity contribution in [2.24, 2.45) is 0 Å². The van der Waals surface area contributed by atoms with Crippen LogP contribution in [0.2, 0.25) is 0 Å². The quantitative estimate of drug-likeness (QED) is 0.244. The van der Waals surface area contributed by atoms with Gasteiger partial charge in [0.2, 0.25) is 6.79 Å². The van der Waals surface area contributed by atoms with E-state index >= 15 is 0 Å². The minimum atomic E-state index is -0.433. The van der Waals surface area contributed by atoms with E-state index < -0.39 is 5.91 Å². The number of ether oxygens (including phenoxy) is 3. The number of rotatable bonds is 5. The SMILES string of the molecule is O=C1NN(c2ccccc2)C(=O)/C1=C\c1cc(I)c(OCc2ccc3c(c2)OCO3)c(I)c1. The van der Waals surface area contributed by atoms with Crippen LogP contribution in [0.3, 0.4) is 0 Å². The third-order valence-corrected chi connectivity index (χ3v) is 6.66. The molecule has 0 atom stereocenters. The second-order valence-corrected chi connectivity index (χ2v) is 9.59. The van der Waals surface area contributed by atoms with Crippen molar-refractivity contribution in [2.75, 3.05) is 11.8 Å². The average molecular weight is 666 g/mol. The van der Waals surface area contributed by atoms with Crippen molar-refractivity contribution < 1.29 is 23.8 Å². The zero-order chi connectivity index (χ0) is 22.9. The molecule has 9 heteroatoms. The Morgan fingerprint density at radius 2 is 1.70 bits per heavy atom. The van der Waals surface area contributed by atoms with Crippen molar-refractivity contribution in [2.45, 2.75) is 6.61 Å². The fourth-order valence-corrected chi connectivity index (χ4v) is 5.60. The molecule has 2 aliphatic rings. The van der Waals surface area contributed by atoms with Crippen molar-refractivity contribution in [1.82, 2.24) is 5.43 Å². The third kappa shape index (κ3) is 4.51. The molecule has 1 N–H and O–H groups in total. The molecule has 0 aliphatic carbocycles. The summed E-state index contributed by atoms with van der Waals surface area (Å²) in [6.45, 7) is 0.603. The van der Waals surface area contributed by atoms with Gasteiger partial charge in [-0.1, -0.05) is 24.3 Å². The molecule has 5 rings (SSSR count). The number of carbonyl (C=O) groups excluding carboxylic acids is 2. The number of hydrogen-bond donors (Lipinski definition) is 1. The average Bonchev–Trinajstić information content (AvgIpc) is 3.38. The summed E-state index contributed by atoms with van der Waals surface area (Å²) >= 11 is 4.39. The topological polar surface area (TPSA) is 77.1 Å². The Bertz CT molecular complexity index is 1270. The number of carbonyl (C=O) groups is 2. The number of hydrazine groups is 1. The van der Waals surface area contributed by atoms with Gasteiger partial charge >= 0.3 is 0 Å². The Labute approximate surface area is 217 Å². The molecular formula is C24H16I2N2O5. The molecule has 0 unspecified atom stereocenters. The van der Waals surface area contributed by atoms with Gasteiger partial charge in [-0.05, 0) is 98.8 Å². The molecule has 0 bridgehead atoms. The lowest BCUT2D eigenvalue weighted by Crippen LogP contribution is -2.35. The maximum atomic E-state index is 12.8. The third-order valence-electron chi connectivity index (χ3n) is 5.06. The number of hydrogen-bond acceptors (Lipinski definition) is 5. The fourth-order valence-electron chi connectivity index (χ4n) is 3.47. The number of fused-ring (bicyclic) bond motifs is 1. The van der Waals surface area contributed by atoms with Crippen molar-refractivity contribution in [3.8, 4) is 17.2 Å². The van der Waals surface area contributed by atoms with Gasteiger partial charge in [0, 0.05) is 0 Å². The number of para-hydroxylation sites is 1. The first-order chi connectivity index (χ1) is 16.0. The number of amides is 2. The van der Waals surface area contributed by atoms with E-state index in [4.69, 9.17) is 14.2 Å². The van der Waals surface area contributed by atoms with Gasteiger partial charge in [0.15, 0.2) is 11.5 Å². The van der Waals surface area contributed by atoms with Crippen LogP contribution in [0.15, 0.2) is 66.2 Å². The van der Waals surface area contributed by atoms with Crippen molar-refractivity contribution >= 4 is 68.8 Å². The van der Waals surface area contributed by atoms with E-state index in [1.165, 1.54) is 5.01 Å². The van der Waals surface area contributed by atoms with Gasteiger partial charge in [-0.3, -0.25) is 15.0 Å². The first-order valence-electron chi connectivity index (χ1n) is 9.92. The van der Waals surface area contributed by atoms with Crippen LogP contribution in [0.1, 0.15) is 11.1 Å². The molecule has 166 valence electrons. The van der Waals surface area contributed by atoms with Gasteiger partial charge in [-0.25, -0.2) is 5.01 Å². The summed E-state index contributed by atoms with van der Waals surface area (Å²) in [5.41, 5.74) is 5.01. The molecule has 2 amide bonds. The highest BCUT2D eigenvalue weighted by Crippen LogP contribution is 2.34. The molecule has 0 aromatic heterocycles. The molecule has 33 heavy (non-hydrogen) atoms. The van der Waals surface area contributed by atoms with E-state index in [1.54, 1.807) is 18.2 Å². The first-order valence-corrected chi connectivity index (χ1v) is 12.1. The lowest BCUT2D eigenvalue weighted by Gasteiger charge is -2.14. The summed E-state index contributed by atoms with van der Waals surface area (Å²) in [6, 6.07) is 18.5. The Morgan fingerprint density at radius 3 is 2.45 bits per heavy atom. The van der Waals surface area contributed by atoms with Gasteiger partial charge in [-0.2, -0.15) is 0 Å². The molecular weight excluding hydrogens is 650 g/mol. The van der Waals surface area contributed by atoms with Gasteiger partial charge in [0.25, 0.3) is 11.8 Å². The minimum absolute atomic E-state index is 0.0829. The highest BCUT2D eigenvalue weighted by molar-refractivity contribution is 14.1. The normalized spacial score (nSPS) is 15.8. The van der Waals surface area contributed by atoms with Crippen LogP contribution in [-0.2, 0) is 16.2 Å². The molecule has 0 spiro atoms. The highest BCUT2D eigenvalue weighted by Gasteiger charge is 2.34. The van der Waals surface area contributed by atoms with Gasteiger partial charge < -0.3 is 14.2 Å². The monoisotopic (exact) mass is 666 g/mol. The smallest absolute Gasteiger partial charge is 0.282 e. The molecule has 3 aromatic carbocycles. The van der Waals surface area contributed by atoms with E-state index in [-0.39, 0.29) is 18.3 Å². The fraction of sp³-hybridized carbons (Fsp3) is 0.0833. The number of halogens is 2. The van der Waals surface area contributed by atoms with E-state index in [0.717, 1.165) is 29.8 Å². The number of anilines is 1. The molecule has 2 heterocycles. The zero-order valence-electron chi connectivity index (χ0n) is 17.0. The number of nitrogens with one attached hydrogen (secondary N) is 1. The van der Waals surface area contributed by atoms with Gasteiger partial charge in [0.05, 0.1) is 12.8 Å². The van der Waals surface area contributed by atoms with E-state index in [9.17, 15) is 9.59 Å². The van der Waals surface area contributed by atoms with Crippen molar-refractivity contribution in [1.29, 1.82) is 0 Å². The van der Waals surface area contributed by atoms with Crippen molar-refractivity contribution in [3.05, 3.63) is 84.5 Å². The van der Waals surface area contributed by atoms with E-state index in [2.05, 4.69) is 50.6 Å². The van der Waals surface area contributed by atoms with Crippen LogP contribution in [-0.4, -0.2) is 18.6 Å². The molecule has 7 nitrogen and oxygen atoms in total. The molecule has 1 fully saturated rings. The van der Waals surface area contributed by atoms with Crippen LogP contribution in [0.5, 0.6) is 17.2 Å². The molecule has 1 saturated heterocycles. The summed E-state index contributed by atoms with van der Waals surface area (Å²) in [7, 11) is 0. The number of nitrogens with zero attached hydrogens (tertiary/aromatic N) is 1. The lowest BCUT2D eigenvalue weighted by atomic mass is 10.1. The predicted molar refractivity (Wildman–Crippen MR) is 139 cm³/mol. The summed E-state index contributed by atoms with van der Waals surface area (Å²) in [5, 5.41) is 1.26. The van der Waals surface area contributed by atoms with Crippen LogP contribution in [0.4, 0.5) is 5.69 Å². The summed E-state index contributed by atoms with van der Waals surface area (Å²) < 4.78 is 18.6. The van der Waals surface area contributed by atoms with Crippen LogP contribution < -0.4 is 24.6 Å². The number of benzene rings is 3. The maximum Gasteiger partial charge on any atom is 0.282 e. The van der Waals surface area contributed by atoms with E-state index in [1.807, 2.05) is 48.5 Å². The lowest BCUT2D eigenvalue weighted by molar-refractivity contribution is -0.117. The summed E-state index contributed by atoms with van der Waals surface area (Å²) in [6.07, 6.45) is 1.60. The predicted octanol–water partition coefficient (Wildman–Crippen LogP) is 4.66. The summed E-state index contributed by atoms with van der Waals surface area (Å²) in [4.78, 5) is 25.3. The van der Waals surface area contributed by atoms with E-state index in [0.29, 0.717) is 18.0 Å². The second kappa shape index (κ2) is 9.21. The molecule has 0 saturated carbocycles. The van der Waals surface area contributed by atoms with Gasteiger partial charge in [-0.15, -0.1) is 0 Å². The molecule has 2 aliphatic heterocycles. The largest absolute Gasteiger partial charge is 0.487 e. The second-order valence-electron chi connectivity index (χ2n) is 7.27.